The molecule has 0 aliphatic heterocycles. The van der Waals surface area contributed by atoms with Gasteiger partial charge in [-0.3, -0.25) is 9.59 Å². The summed E-state index contributed by atoms with van der Waals surface area (Å²) in [5, 5.41) is 3.69. The minimum Gasteiger partial charge on any atom is -0.485 e. The van der Waals surface area contributed by atoms with Crippen molar-refractivity contribution in [2.45, 2.75) is 72.8 Å². The Hall–Kier alpha value is -4.32. The summed E-state index contributed by atoms with van der Waals surface area (Å²) in [5.41, 5.74) is 4.49. The Labute approximate surface area is 256 Å². The summed E-state index contributed by atoms with van der Waals surface area (Å²) in [6.45, 7) is 13.2. The van der Waals surface area contributed by atoms with Gasteiger partial charge in [0, 0.05) is 23.7 Å². The number of carbonyl (C=O) groups excluding carboxylic acids is 1. The highest BCUT2D eigenvalue weighted by Crippen LogP contribution is 2.35. The predicted octanol–water partition coefficient (Wildman–Crippen LogP) is 8.87. The molecule has 0 spiro atoms. The van der Waals surface area contributed by atoms with Crippen LogP contribution < -0.4 is 20.3 Å². The zero-order valence-electron chi connectivity index (χ0n) is 26.2. The maximum Gasteiger partial charge on any atom is 0.297 e. The number of rotatable bonds is 17. The van der Waals surface area contributed by atoms with Gasteiger partial charge in [-0.2, -0.15) is 0 Å². The molecule has 0 fully saturated rings. The third-order valence-electron chi connectivity index (χ3n) is 7.00. The number of hydrogen-bond acceptors (Lipinski definition) is 4. The van der Waals surface area contributed by atoms with Crippen molar-refractivity contribution in [1.29, 1.82) is 0 Å². The summed E-state index contributed by atoms with van der Waals surface area (Å²) < 4.78 is 13.9. The first-order valence-electron chi connectivity index (χ1n) is 15.2. The third-order valence-corrected chi connectivity index (χ3v) is 7.00. The van der Waals surface area contributed by atoms with Crippen LogP contribution in [0.5, 0.6) is 11.5 Å². The average Bonchev–Trinajstić information content (AvgIpc) is 2.99. The standard InChI is InChI=1S/C37H46N2O4/c1-6-8-9-13-24-39-33-27-31(38-34(40)22-19-30-17-11-10-12-18-30)20-21-32(33)35(36(37(39)41)42-25-7-2)43-26-23-29(5)16-14-15-28(3)4/h7,10-12,15,17-23,27H,2,6,8-9,13-14,16,24-26H2,1,3-5H3,(H,38,40)/b22-19+,29-23+. The largest absolute Gasteiger partial charge is 0.485 e. The quantitative estimate of drug-likeness (QED) is 0.0980. The number of nitrogens with zero attached hydrogens (tertiary/aromatic N) is 1. The van der Waals surface area contributed by atoms with Crippen molar-refractivity contribution < 1.29 is 14.3 Å². The van der Waals surface area contributed by atoms with Crippen molar-refractivity contribution in [3.63, 3.8) is 0 Å². The topological polar surface area (TPSA) is 69.6 Å². The monoisotopic (exact) mass is 582 g/mol. The molecular formula is C37H46N2O4. The lowest BCUT2D eigenvalue weighted by Gasteiger charge is -2.19. The molecule has 1 amide bonds. The molecule has 1 heterocycles. The number of unbranched alkanes of at least 4 members (excludes halogenated alkanes) is 3. The summed E-state index contributed by atoms with van der Waals surface area (Å²) in [4.78, 5) is 26.6. The van der Waals surface area contributed by atoms with Crippen LogP contribution in [0.4, 0.5) is 5.69 Å². The second kappa shape index (κ2) is 17.6. The van der Waals surface area contributed by atoms with Crippen molar-refractivity contribution in [2.24, 2.45) is 0 Å². The number of pyridine rings is 1. The van der Waals surface area contributed by atoms with E-state index >= 15 is 0 Å². The maximum absolute atomic E-state index is 13.9. The van der Waals surface area contributed by atoms with Crippen LogP contribution in [0.15, 0.2) is 95.4 Å². The van der Waals surface area contributed by atoms with Crippen LogP contribution in [-0.2, 0) is 11.3 Å². The molecule has 1 aromatic heterocycles. The number of aryl methyl sites for hydroxylation is 1. The van der Waals surface area contributed by atoms with E-state index in [2.05, 4.69) is 45.7 Å². The molecule has 3 rings (SSSR count). The highest BCUT2D eigenvalue weighted by Gasteiger charge is 2.20. The summed E-state index contributed by atoms with van der Waals surface area (Å²) in [6, 6.07) is 15.2. The zero-order valence-corrected chi connectivity index (χ0v) is 26.2. The predicted molar refractivity (Wildman–Crippen MR) is 180 cm³/mol. The summed E-state index contributed by atoms with van der Waals surface area (Å²) in [6.07, 6.45) is 15.2. The Morgan fingerprint density at radius 1 is 0.953 bits per heavy atom. The molecular weight excluding hydrogens is 536 g/mol. The lowest BCUT2D eigenvalue weighted by Crippen LogP contribution is -2.24. The number of allylic oxidation sites excluding steroid dienone is 3. The number of nitrogens with one attached hydrogen (secondary N) is 1. The molecule has 1 N–H and O–H groups in total. The number of hydrogen-bond donors (Lipinski definition) is 1. The van der Waals surface area contributed by atoms with Crippen LogP contribution in [0.3, 0.4) is 0 Å². The molecule has 0 radical (unpaired) electrons. The van der Waals surface area contributed by atoms with E-state index < -0.39 is 0 Å². The Balaban J connectivity index is 1.98. The molecule has 0 atom stereocenters. The Bertz CT molecular complexity index is 1510. The molecule has 0 aliphatic rings. The van der Waals surface area contributed by atoms with Crippen LogP contribution in [0.2, 0.25) is 0 Å². The van der Waals surface area contributed by atoms with Gasteiger partial charge in [-0.15, -0.1) is 0 Å². The first-order valence-corrected chi connectivity index (χ1v) is 15.2. The Morgan fingerprint density at radius 2 is 1.72 bits per heavy atom. The van der Waals surface area contributed by atoms with Crippen LogP contribution in [0.25, 0.3) is 17.0 Å². The summed E-state index contributed by atoms with van der Waals surface area (Å²) in [7, 11) is 0. The number of anilines is 1. The molecule has 6 heteroatoms. The van der Waals surface area contributed by atoms with E-state index in [1.807, 2.05) is 54.6 Å². The van der Waals surface area contributed by atoms with Crippen LogP contribution in [0.1, 0.15) is 71.8 Å². The molecule has 2 aromatic carbocycles. The maximum atomic E-state index is 13.9. The molecule has 0 bridgehead atoms. The molecule has 3 aromatic rings. The van der Waals surface area contributed by atoms with Gasteiger partial charge in [-0.1, -0.05) is 86.4 Å². The van der Waals surface area contributed by atoms with Gasteiger partial charge in [0.05, 0.1) is 5.52 Å². The van der Waals surface area contributed by atoms with Crippen LogP contribution in [0, 0.1) is 0 Å². The van der Waals surface area contributed by atoms with Crippen molar-refractivity contribution in [3.8, 4) is 11.5 Å². The van der Waals surface area contributed by atoms with Crippen LogP contribution in [-0.4, -0.2) is 23.7 Å². The first kappa shape index (κ1) is 33.2. The smallest absolute Gasteiger partial charge is 0.297 e. The lowest BCUT2D eigenvalue weighted by molar-refractivity contribution is -0.111. The number of ether oxygens (including phenoxy) is 2. The lowest BCUT2D eigenvalue weighted by atomic mass is 10.1. The van der Waals surface area contributed by atoms with E-state index in [4.69, 9.17) is 9.47 Å². The van der Waals surface area contributed by atoms with E-state index in [1.165, 1.54) is 17.2 Å². The molecule has 6 nitrogen and oxygen atoms in total. The van der Waals surface area contributed by atoms with E-state index in [-0.39, 0.29) is 23.8 Å². The minimum atomic E-state index is -0.254. The second-order valence-corrected chi connectivity index (χ2v) is 10.9. The molecule has 0 aliphatic carbocycles. The Kier molecular flexibility index (Phi) is 13.6. The van der Waals surface area contributed by atoms with Crippen molar-refractivity contribution >= 4 is 28.6 Å². The van der Waals surface area contributed by atoms with Gasteiger partial charge in [0.15, 0.2) is 5.75 Å². The summed E-state index contributed by atoms with van der Waals surface area (Å²) >= 11 is 0. The Morgan fingerprint density at radius 3 is 2.44 bits per heavy atom. The molecule has 43 heavy (non-hydrogen) atoms. The van der Waals surface area contributed by atoms with Crippen molar-refractivity contribution in [3.05, 3.63) is 106 Å². The summed E-state index contributed by atoms with van der Waals surface area (Å²) in [5.74, 6) is 0.333. The number of benzene rings is 2. The first-order chi connectivity index (χ1) is 20.8. The van der Waals surface area contributed by atoms with Crippen molar-refractivity contribution in [2.75, 3.05) is 18.5 Å². The third kappa shape index (κ3) is 10.5. The van der Waals surface area contributed by atoms with Gasteiger partial charge in [-0.25, -0.2) is 0 Å². The number of fused-ring (bicyclic) bond motifs is 1. The van der Waals surface area contributed by atoms with Crippen molar-refractivity contribution in [1.82, 2.24) is 4.57 Å². The normalized spacial score (nSPS) is 11.5. The molecule has 0 saturated heterocycles. The fourth-order valence-electron chi connectivity index (χ4n) is 4.69. The van der Waals surface area contributed by atoms with E-state index in [0.29, 0.717) is 30.1 Å². The van der Waals surface area contributed by atoms with E-state index in [0.717, 1.165) is 49.5 Å². The SMILES string of the molecule is C=CCOc1c(OC/C=C(\C)CCC=C(C)C)c2ccc(NC(=O)/C=C/c3ccccc3)cc2n(CCCCCC)c1=O. The second-order valence-electron chi connectivity index (χ2n) is 10.9. The zero-order chi connectivity index (χ0) is 31.0. The van der Waals surface area contributed by atoms with Gasteiger partial charge < -0.3 is 19.4 Å². The van der Waals surface area contributed by atoms with Gasteiger partial charge in [0.25, 0.3) is 5.56 Å². The number of aromatic nitrogens is 1. The van der Waals surface area contributed by atoms with Gasteiger partial charge >= 0.3 is 0 Å². The number of carbonyl (C=O) groups is 1. The fourth-order valence-corrected chi connectivity index (χ4v) is 4.69. The van der Waals surface area contributed by atoms with Crippen LogP contribution >= 0.6 is 0 Å². The van der Waals surface area contributed by atoms with Gasteiger partial charge in [-0.05, 0) is 75.9 Å². The highest BCUT2D eigenvalue weighted by molar-refractivity contribution is 6.03. The fraction of sp³-hybridized carbons (Fsp3) is 0.351. The molecule has 0 unspecified atom stereocenters. The van der Waals surface area contributed by atoms with Gasteiger partial charge in [0.1, 0.15) is 13.2 Å². The van der Waals surface area contributed by atoms with Gasteiger partial charge in [0.2, 0.25) is 11.7 Å². The number of amides is 1. The van der Waals surface area contributed by atoms with E-state index in [1.54, 1.807) is 16.7 Å². The molecule has 228 valence electrons. The minimum absolute atomic E-state index is 0.182. The van der Waals surface area contributed by atoms with E-state index in [9.17, 15) is 9.59 Å². The average molecular weight is 583 g/mol. The highest BCUT2D eigenvalue weighted by atomic mass is 16.5. The molecule has 0 saturated carbocycles.